The van der Waals surface area contributed by atoms with Crippen molar-refractivity contribution in [2.24, 2.45) is 0 Å². The first-order valence-electron chi connectivity index (χ1n) is 9.09. The predicted octanol–water partition coefficient (Wildman–Crippen LogP) is 1.85. The molecule has 1 aliphatic heterocycles. The average Bonchev–Trinajstić information content (AvgIpc) is 2.71. The zero-order valence-electron chi connectivity index (χ0n) is 15.2. The van der Waals surface area contributed by atoms with Crippen molar-refractivity contribution >= 4 is 23.5 Å². The van der Waals surface area contributed by atoms with E-state index in [1.54, 1.807) is 12.4 Å². The molecule has 1 saturated heterocycles. The number of ether oxygens (including phenoxy) is 1. The number of rotatable bonds is 8. The maximum atomic E-state index is 12.2. The number of hydrogen-bond donors (Lipinski definition) is 2. The van der Waals surface area contributed by atoms with E-state index in [1.807, 2.05) is 24.3 Å². The smallest absolute Gasteiger partial charge is 0.254 e. The SMILES string of the molecule is O=C(NCCN1CCOCC1)c1cnc(NCCc2ccc(Cl)cc2)nc1. The molecule has 8 heteroatoms. The Morgan fingerprint density at radius 2 is 1.81 bits per heavy atom. The molecule has 1 amide bonds. The monoisotopic (exact) mass is 389 g/mol. The van der Waals surface area contributed by atoms with Crippen LogP contribution in [0.5, 0.6) is 0 Å². The first kappa shape index (κ1) is 19.5. The molecule has 144 valence electrons. The average molecular weight is 390 g/mol. The molecule has 0 saturated carbocycles. The molecule has 1 fully saturated rings. The van der Waals surface area contributed by atoms with Crippen LogP contribution < -0.4 is 10.6 Å². The van der Waals surface area contributed by atoms with Gasteiger partial charge in [0.1, 0.15) is 0 Å². The molecule has 0 spiro atoms. The standard InChI is InChI=1S/C19H24ClN5O2/c20-17-3-1-15(2-4-17)5-6-22-19-23-13-16(14-24-19)18(26)21-7-8-25-9-11-27-12-10-25/h1-4,13-14H,5-12H2,(H,21,26)(H,22,23,24). The summed E-state index contributed by atoms with van der Waals surface area (Å²) in [6.07, 6.45) is 3.92. The third-order valence-electron chi connectivity index (χ3n) is 4.34. The van der Waals surface area contributed by atoms with Crippen molar-refractivity contribution in [3.8, 4) is 0 Å². The second kappa shape index (κ2) is 10.2. The van der Waals surface area contributed by atoms with Crippen molar-refractivity contribution in [2.45, 2.75) is 6.42 Å². The van der Waals surface area contributed by atoms with Crippen molar-refractivity contribution in [3.63, 3.8) is 0 Å². The fraction of sp³-hybridized carbons (Fsp3) is 0.421. The maximum Gasteiger partial charge on any atom is 0.254 e. The van der Waals surface area contributed by atoms with Gasteiger partial charge in [-0.1, -0.05) is 23.7 Å². The van der Waals surface area contributed by atoms with E-state index in [4.69, 9.17) is 16.3 Å². The number of benzene rings is 1. The summed E-state index contributed by atoms with van der Waals surface area (Å²) in [5.41, 5.74) is 1.64. The number of carbonyl (C=O) groups is 1. The summed E-state index contributed by atoms with van der Waals surface area (Å²) in [4.78, 5) is 22.9. The number of aromatic nitrogens is 2. The van der Waals surface area contributed by atoms with Gasteiger partial charge >= 0.3 is 0 Å². The number of nitrogens with zero attached hydrogens (tertiary/aromatic N) is 3. The van der Waals surface area contributed by atoms with E-state index in [1.165, 1.54) is 5.56 Å². The Labute approximate surface area is 164 Å². The molecule has 0 aliphatic carbocycles. The third-order valence-corrected chi connectivity index (χ3v) is 4.59. The molecule has 2 aromatic rings. The number of amides is 1. The van der Waals surface area contributed by atoms with Crippen LogP contribution in [0, 0.1) is 0 Å². The molecule has 1 aromatic carbocycles. The Balaban J connectivity index is 1.38. The van der Waals surface area contributed by atoms with Gasteiger partial charge in [0.05, 0.1) is 18.8 Å². The summed E-state index contributed by atoms with van der Waals surface area (Å²) in [5, 5.41) is 6.79. The highest BCUT2D eigenvalue weighted by molar-refractivity contribution is 6.30. The molecular formula is C19H24ClN5O2. The van der Waals surface area contributed by atoms with Gasteiger partial charge in [0, 0.05) is 50.1 Å². The number of hydrogen-bond acceptors (Lipinski definition) is 6. The van der Waals surface area contributed by atoms with Gasteiger partial charge in [0.2, 0.25) is 5.95 Å². The zero-order valence-corrected chi connectivity index (χ0v) is 15.9. The van der Waals surface area contributed by atoms with E-state index in [2.05, 4.69) is 25.5 Å². The van der Waals surface area contributed by atoms with E-state index in [9.17, 15) is 4.79 Å². The maximum absolute atomic E-state index is 12.2. The van der Waals surface area contributed by atoms with Gasteiger partial charge in [-0.25, -0.2) is 9.97 Å². The number of anilines is 1. The molecule has 0 bridgehead atoms. The largest absolute Gasteiger partial charge is 0.379 e. The number of halogens is 1. The van der Waals surface area contributed by atoms with Crippen LogP contribution in [0.2, 0.25) is 5.02 Å². The Morgan fingerprint density at radius 3 is 2.52 bits per heavy atom. The van der Waals surface area contributed by atoms with Gasteiger partial charge in [-0.05, 0) is 24.1 Å². The summed E-state index contributed by atoms with van der Waals surface area (Å²) in [6.45, 7) is 5.46. The molecule has 3 rings (SSSR count). The van der Waals surface area contributed by atoms with E-state index < -0.39 is 0 Å². The Bertz CT molecular complexity index is 718. The van der Waals surface area contributed by atoms with Gasteiger partial charge in [-0.2, -0.15) is 0 Å². The molecule has 27 heavy (non-hydrogen) atoms. The van der Waals surface area contributed by atoms with Crippen LogP contribution in [0.3, 0.4) is 0 Å². The molecule has 0 radical (unpaired) electrons. The first-order valence-corrected chi connectivity index (χ1v) is 9.47. The molecular weight excluding hydrogens is 366 g/mol. The Morgan fingerprint density at radius 1 is 1.11 bits per heavy atom. The van der Waals surface area contributed by atoms with Crippen LogP contribution in [0.25, 0.3) is 0 Å². The quantitative estimate of drug-likeness (QED) is 0.717. The van der Waals surface area contributed by atoms with Crippen molar-refractivity contribution in [1.82, 2.24) is 20.2 Å². The van der Waals surface area contributed by atoms with E-state index in [0.717, 1.165) is 44.3 Å². The summed E-state index contributed by atoms with van der Waals surface area (Å²) in [7, 11) is 0. The van der Waals surface area contributed by atoms with Crippen LogP contribution in [-0.4, -0.2) is 66.7 Å². The van der Waals surface area contributed by atoms with Gasteiger partial charge < -0.3 is 15.4 Å². The highest BCUT2D eigenvalue weighted by Gasteiger charge is 2.11. The number of morpholine rings is 1. The first-order chi connectivity index (χ1) is 13.2. The Hall–Kier alpha value is -2.22. The highest BCUT2D eigenvalue weighted by Crippen LogP contribution is 2.10. The van der Waals surface area contributed by atoms with Gasteiger partial charge in [-0.3, -0.25) is 9.69 Å². The molecule has 7 nitrogen and oxygen atoms in total. The lowest BCUT2D eigenvalue weighted by Crippen LogP contribution is -2.41. The van der Waals surface area contributed by atoms with Crippen LogP contribution in [-0.2, 0) is 11.2 Å². The van der Waals surface area contributed by atoms with Crippen molar-refractivity contribution in [3.05, 3.63) is 52.8 Å². The van der Waals surface area contributed by atoms with Crippen LogP contribution in [0.4, 0.5) is 5.95 Å². The minimum absolute atomic E-state index is 0.157. The van der Waals surface area contributed by atoms with Crippen molar-refractivity contribution in [2.75, 3.05) is 51.3 Å². The zero-order chi connectivity index (χ0) is 18.9. The number of carbonyl (C=O) groups excluding carboxylic acids is 1. The third kappa shape index (κ3) is 6.46. The van der Waals surface area contributed by atoms with Crippen LogP contribution in [0.15, 0.2) is 36.7 Å². The second-order valence-electron chi connectivity index (χ2n) is 6.31. The minimum Gasteiger partial charge on any atom is -0.379 e. The van der Waals surface area contributed by atoms with E-state index in [0.29, 0.717) is 24.6 Å². The molecule has 0 unspecified atom stereocenters. The van der Waals surface area contributed by atoms with Crippen molar-refractivity contribution in [1.29, 1.82) is 0 Å². The normalized spacial score (nSPS) is 14.7. The molecule has 2 heterocycles. The molecule has 2 N–H and O–H groups in total. The minimum atomic E-state index is -0.157. The topological polar surface area (TPSA) is 79.4 Å². The van der Waals surface area contributed by atoms with Crippen LogP contribution in [0.1, 0.15) is 15.9 Å². The lowest BCUT2D eigenvalue weighted by molar-refractivity contribution is 0.0383. The summed E-state index contributed by atoms with van der Waals surface area (Å²) < 4.78 is 5.31. The van der Waals surface area contributed by atoms with E-state index >= 15 is 0 Å². The lowest BCUT2D eigenvalue weighted by Gasteiger charge is -2.26. The predicted molar refractivity (Wildman–Crippen MR) is 105 cm³/mol. The summed E-state index contributed by atoms with van der Waals surface area (Å²) in [5.74, 6) is 0.352. The van der Waals surface area contributed by atoms with Crippen LogP contribution >= 0.6 is 11.6 Å². The molecule has 1 aliphatic rings. The Kier molecular flexibility index (Phi) is 7.38. The summed E-state index contributed by atoms with van der Waals surface area (Å²) in [6, 6.07) is 7.74. The van der Waals surface area contributed by atoms with Gasteiger partial charge in [0.25, 0.3) is 5.91 Å². The van der Waals surface area contributed by atoms with E-state index in [-0.39, 0.29) is 5.91 Å². The van der Waals surface area contributed by atoms with Crippen molar-refractivity contribution < 1.29 is 9.53 Å². The van der Waals surface area contributed by atoms with Gasteiger partial charge in [-0.15, -0.1) is 0 Å². The fourth-order valence-electron chi connectivity index (χ4n) is 2.76. The summed E-state index contributed by atoms with van der Waals surface area (Å²) >= 11 is 5.88. The molecule has 0 atom stereocenters. The van der Waals surface area contributed by atoms with Gasteiger partial charge in [0.15, 0.2) is 0 Å². The highest BCUT2D eigenvalue weighted by atomic mass is 35.5. The fourth-order valence-corrected chi connectivity index (χ4v) is 2.89. The lowest BCUT2D eigenvalue weighted by atomic mass is 10.1. The molecule has 1 aromatic heterocycles. The number of nitrogens with one attached hydrogen (secondary N) is 2. The second-order valence-corrected chi connectivity index (χ2v) is 6.74.